The molecular weight excluding hydrogens is 362 g/mol. The van der Waals surface area contributed by atoms with E-state index >= 15 is 0 Å². The van der Waals surface area contributed by atoms with Crippen molar-refractivity contribution in [2.45, 2.75) is 45.0 Å². The van der Waals surface area contributed by atoms with Gasteiger partial charge >= 0.3 is 12.0 Å². The summed E-state index contributed by atoms with van der Waals surface area (Å²) in [5.74, 6) is -1.08. The molecular formula is C14H25N7O6. The van der Waals surface area contributed by atoms with Gasteiger partial charge in [0.25, 0.3) is 5.95 Å². The van der Waals surface area contributed by atoms with Gasteiger partial charge in [-0.2, -0.15) is 4.98 Å². The van der Waals surface area contributed by atoms with Crippen LogP contribution in [0, 0.1) is 0 Å². The number of nitrogens with one attached hydrogen (secondary N) is 2. The van der Waals surface area contributed by atoms with Crippen LogP contribution in [0.25, 0.3) is 0 Å². The number of nitrogens with zero attached hydrogens (tertiary/aromatic N) is 3. The average Bonchev–Trinajstić information content (AvgIpc) is 3.18. The van der Waals surface area contributed by atoms with Crippen molar-refractivity contribution in [3.05, 3.63) is 5.89 Å². The molecule has 0 radical (unpaired) electrons. The molecule has 0 saturated carbocycles. The number of carbonyl (C=O) groups is 3. The van der Waals surface area contributed by atoms with Gasteiger partial charge in [0.15, 0.2) is 6.04 Å². The molecule has 1 aliphatic rings. The summed E-state index contributed by atoms with van der Waals surface area (Å²) in [6.45, 7) is 3.89. The molecule has 3 unspecified atom stereocenters. The molecule has 1 saturated heterocycles. The molecule has 13 nitrogen and oxygen atoms in total. The molecule has 13 heteroatoms. The zero-order valence-corrected chi connectivity index (χ0v) is 15.1. The zero-order chi connectivity index (χ0) is 20.6. The Kier molecular flexibility index (Phi) is 8.41. The Morgan fingerprint density at radius 2 is 2.07 bits per heavy atom. The summed E-state index contributed by atoms with van der Waals surface area (Å²) < 4.78 is 5.01. The lowest BCUT2D eigenvalue weighted by atomic mass is 10.2. The van der Waals surface area contributed by atoms with Crippen LogP contribution in [0.2, 0.25) is 0 Å². The lowest BCUT2D eigenvalue weighted by molar-refractivity contribution is -0.141. The third-order valence-electron chi connectivity index (χ3n) is 3.40. The number of aromatic nitrogens is 2. The maximum absolute atomic E-state index is 11.6. The van der Waals surface area contributed by atoms with E-state index in [-0.39, 0.29) is 24.4 Å². The second kappa shape index (κ2) is 10.3. The summed E-state index contributed by atoms with van der Waals surface area (Å²) in [6.07, 6.45) is -0.381. The summed E-state index contributed by atoms with van der Waals surface area (Å²) in [4.78, 5) is 37.7. The Morgan fingerprint density at radius 1 is 1.44 bits per heavy atom. The third-order valence-corrected chi connectivity index (χ3v) is 3.40. The van der Waals surface area contributed by atoms with E-state index in [9.17, 15) is 19.5 Å². The first-order valence-electron chi connectivity index (χ1n) is 8.14. The lowest BCUT2D eigenvalue weighted by Crippen LogP contribution is -2.51. The van der Waals surface area contributed by atoms with Gasteiger partial charge in [-0.3, -0.25) is 4.79 Å². The molecule has 3 atom stereocenters. The van der Waals surface area contributed by atoms with Crippen molar-refractivity contribution in [3.8, 4) is 0 Å². The fourth-order valence-electron chi connectivity index (χ4n) is 2.15. The number of carboxylic acid groups (broad SMARTS) is 1. The number of primary amides is 1. The number of aliphatic hydroxyl groups is 1. The Hall–Kier alpha value is -2.93. The minimum absolute atomic E-state index is 0.0646. The van der Waals surface area contributed by atoms with Crippen molar-refractivity contribution in [2.75, 3.05) is 18.0 Å². The zero-order valence-electron chi connectivity index (χ0n) is 15.1. The van der Waals surface area contributed by atoms with E-state index in [1.807, 2.05) is 4.90 Å². The number of aliphatic hydroxyl groups excluding tert-OH is 1. The fraction of sp³-hybridized carbons (Fsp3) is 0.643. The highest BCUT2D eigenvalue weighted by molar-refractivity contribution is 5.82. The molecule has 0 aliphatic carbocycles. The van der Waals surface area contributed by atoms with E-state index in [1.165, 1.54) is 13.8 Å². The number of rotatable bonds is 6. The van der Waals surface area contributed by atoms with Gasteiger partial charge in [0.2, 0.25) is 11.8 Å². The van der Waals surface area contributed by atoms with E-state index in [0.29, 0.717) is 12.5 Å². The van der Waals surface area contributed by atoms with Crippen molar-refractivity contribution < 1.29 is 29.1 Å². The molecule has 1 aromatic rings. The molecule has 0 spiro atoms. The first-order valence-corrected chi connectivity index (χ1v) is 8.14. The third kappa shape index (κ3) is 7.87. The summed E-state index contributed by atoms with van der Waals surface area (Å²) >= 11 is 0. The highest BCUT2D eigenvalue weighted by Gasteiger charge is 2.26. The first kappa shape index (κ1) is 22.1. The Balaban J connectivity index is 0.000000828. The molecule has 2 heterocycles. The van der Waals surface area contributed by atoms with Crippen LogP contribution in [-0.2, 0) is 16.1 Å². The van der Waals surface area contributed by atoms with E-state index in [1.54, 1.807) is 0 Å². The molecule has 2 rings (SSSR count). The van der Waals surface area contributed by atoms with Crippen molar-refractivity contribution in [2.24, 2.45) is 11.5 Å². The molecule has 1 fully saturated rings. The number of anilines is 1. The van der Waals surface area contributed by atoms with Gasteiger partial charge in [-0.05, 0) is 18.5 Å². The van der Waals surface area contributed by atoms with Gasteiger partial charge in [0.05, 0.1) is 12.6 Å². The van der Waals surface area contributed by atoms with Crippen molar-refractivity contribution in [1.29, 1.82) is 0 Å². The number of urea groups is 1. The van der Waals surface area contributed by atoms with Crippen molar-refractivity contribution in [1.82, 2.24) is 20.8 Å². The molecule has 8 N–H and O–H groups in total. The van der Waals surface area contributed by atoms with Crippen LogP contribution >= 0.6 is 0 Å². The number of hydrogen-bond donors (Lipinski definition) is 6. The van der Waals surface area contributed by atoms with E-state index < -0.39 is 24.1 Å². The molecule has 1 aliphatic heterocycles. The number of nitrogens with two attached hydrogens (primary N) is 2. The van der Waals surface area contributed by atoms with Gasteiger partial charge in [-0.1, -0.05) is 0 Å². The van der Waals surface area contributed by atoms with Crippen LogP contribution in [0.5, 0.6) is 0 Å². The normalized spacial score (nSPS) is 18.1. The maximum atomic E-state index is 11.6. The van der Waals surface area contributed by atoms with Gasteiger partial charge in [0, 0.05) is 26.1 Å². The Labute approximate surface area is 155 Å². The number of amides is 3. The van der Waals surface area contributed by atoms with Gasteiger partial charge in [0.1, 0.15) is 0 Å². The average molecular weight is 387 g/mol. The van der Waals surface area contributed by atoms with Crippen LogP contribution in [0.1, 0.15) is 26.2 Å². The van der Waals surface area contributed by atoms with Gasteiger partial charge < -0.3 is 41.7 Å². The molecule has 152 valence electrons. The molecule has 1 aromatic heterocycles. The van der Waals surface area contributed by atoms with Crippen LogP contribution < -0.4 is 27.0 Å². The summed E-state index contributed by atoms with van der Waals surface area (Å²) in [5, 5.41) is 26.5. The smallest absolute Gasteiger partial charge is 0.328 e. The van der Waals surface area contributed by atoms with Crippen molar-refractivity contribution in [3.63, 3.8) is 0 Å². The predicted molar refractivity (Wildman–Crippen MR) is 92.4 cm³/mol. The predicted octanol–water partition coefficient (Wildman–Crippen LogP) is -2.27. The Morgan fingerprint density at radius 3 is 2.56 bits per heavy atom. The maximum Gasteiger partial charge on any atom is 0.328 e. The lowest BCUT2D eigenvalue weighted by Gasteiger charge is -2.16. The second-order valence-corrected chi connectivity index (χ2v) is 5.98. The fourth-order valence-corrected chi connectivity index (χ4v) is 2.15. The molecule has 27 heavy (non-hydrogen) atoms. The Bertz CT molecular complexity index is 646. The number of carbonyl (C=O) groups excluding carboxylic acids is 2. The SMILES string of the molecule is CC(N)=O.CC(O)C(NC(=O)NCc1nc(N2CCC(N)C2)no1)C(=O)O. The molecule has 0 bridgehead atoms. The number of hydrogen-bond acceptors (Lipinski definition) is 9. The minimum Gasteiger partial charge on any atom is -0.480 e. The molecule has 0 aromatic carbocycles. The van der Waals surface area contributed by atoms with Gasteiger partial charge in [-0.25, -0.2) is 9.59 Å². The van der Waals surface area contributed by atoms with Gasteiger partial charge in [-0.15, -0.1) is 0 Å². The van der Waals surface area contributed by atoms with E-state index in [2.05, 4.69) is 26.5 Å². The summed E-state index contributed by atoms with van der Waals surface area (Å²) in [6, 6.07) is -2.09. The summed E-state index contributed by atoms with van der Waals surface area (Å²) in [7, 11) is 0. The summed E-state index contributed by atoms with van der Waals surface area (Å²) in [5.41, 5.74) is 10.3. The first-order chi connectivity index (χ1) is 12.6. The number of carboxylic acids is 1. The molecule has 3 amide bonds. The minimum atomic E-state index is -1.40. The van der Waals surface area contributed by atoms with Crippen LogP contribution in [0.4, 0.5) is 10.7 Å². The van der Waals surface area contributed by atoms with Crippen LogP contribution in [0.3, 0.4) is 0 Å². The quantitative estimate of drug-likeness (QED) is 0.308. The topological polar surface area (TPSA) is 210 Å². The van der Waals surface area contributed by atoms with Crippen molar-refractivity contribution >= 4 is 23.9 Å². The largest absolute Gasteiger partial charge is 0.480 e. The monoisotopic (exact) mass is 387 g/mol. The van der Waals surface area contributed by atoms with Crippen LogP contribution in [-0.4, -0.2) is 69.5 Å². The van der Waals surface area contributed by atoms with E-state index in [4.69, 9.17) is 15.4 Å². The second-order valence-electron chi connectivity index (χ2n) is 5.98. The van der Waals surface area contributed by atoms with Crippen LogP contribution in [0.15, 0.2) is 4.52 Å². The standard InChI is InChI=1S/C12H20N6O5.C2H5NO/c1-6(19)9(10(20)21)16-12(22)14-4-8-15-11(17-23-8)18-3-2-7(13)5-18;1-2(3)4/h6-7,9,19H,2-5,13H2,1H3,(H,20,21)(H2,14,16,22);1H3,(H2,3,4). The highest BCUT2D eigenvalue weighted by atomic mass is 16.5. The van der Waals surface area contributed by atoms with E-state index in [0.717, 1.165) is 13.0 Å². The number of aliphatic carboxylic acids is 1. The highest BCUT2D eigenvalue weighted by Crippen LogP contribution is 2.15.